The van der Waals surface area contributed by atoms with Crippen LogP contribution in [0.2, 0.25) is 0 Å². The fraction of sp³-hybridized carbons (Fsp3) is 0.357. The number of ether oxygens (including phenoxy) is 2. The van der Waals surface area contributed by atoms with E-state index in [2.05, 4.69) is 103 Å². The molecule has 0 spiro atoms. The molecule has 0 aliphatic rings. The molecule has 170 valence electrons. The first-order chi connectivity index (χ1) is 15.1. The maximum absolute atomic E-state index is 6.35. The summed E-state index contributed by atoms with van der Waals surface area (Å²) in [4.78, 5) is 0. The Hall–Kier alpha value is -2.82. The molecule has 0 bridgehead atoms. The summed E-state index contributed by atoms with van der Waals surface area (Å²) in [6, 6.07) is 25.2. The van der Waals surface area contributed by atoms with E-state index < -0.39 is 0 Å². The van der Waals surface area contributed by atoms with E-state index in [-0.39, 0.29) is 0 Å². The summed E-state index contributed by atoms with van der Waals surface area (Å²) < 4.78 is 14.4. The number of rotatable bonds is 10. The van der Waals surface area contributed by atoms with E-state index in [1.54, 1.807) is 0 Å². The summed E-state index contributed by atoms with van der Waals surface area (Å²) in [6.07, 6.45) is 0. The molecule has 0 atom stereocenters. The highest BCUT2D eigenvalue weighted by Crippen LogP contribution is 2.41. The molecule has 0 aliphatic carbocycles. The van der Waals surface area contributed by atoms with Crippen molar-refractivity contribution in [2.24, 2.45) is 0 Å². The predicted octanol–water partition coefficient (Wildman–Crippen LogP) is 5.19. The molecule has 4 heteroatoms. The maximum Gasteiger partial charge on any atom is 0.137 e. The normalized spacial score (nSPS) is 11.9. The van der Waals surface area contributed by atoms with Crippen molar-refractivity contribution in [2.75, 3.05) is 68.6 Å². The number of likely N-dealkylation sites (N-methyl/N-ethyl adjacent to an activating group) is 2. The van der Waals surface area contributed by atoms with Gasteiger partial charge >= 0.3 is 0 Å². The quantitative estimate of drug-likeness (QED) is 0.409. The highest BCUT2D eigenvalue weighted by atomic mass is 16.5. The van der Waals surface area contributed by atoms with Crippen LogP contribution >= 0.6 is 0 Å². The molecule has 3 aromatic rings. The summed E-state index contributed by atoms with van der Waals surface area (Å²) in [6.45, 7) is 3.14. The van der Waals surface area contributed by atoms with Gasteiger partial charge in [0.1, 0.15) is 37.8 Å². The van der Waals surface area contributed by atoms with E-state index in [0.717, 1.165) is 55.8 Å². The molecule has 0 N–H and O–H groups in total. The number of hydrogen-bond donors (Lipinski definition) is 0. The average molecular weight is 435 g/mol. The molecule has 0 radical (unpaired) electrons. The van der Waals surface area contributed by atoms with Gasteiger partial charge in [0.05, 0.1) is 42.3 Å². The highest BCUT2D eigenvalue weighted by Gasteiger charge is 2.17. The van der Waals surface area contributed by atoms with Crippen LogP contribution in [0.5, 0.6) is 11.5 Å². The third-order valence-corrected chi connectivity index (χ3v) is 5.29. The lowest BCUT2D eigenvalue weighted by molar-refractivity contribution is -0.870. The Labute approximate surface area is 193 Å². The van der Waals surface area contributed by atoms with Crippen LogP contribution < -0.4 is 9.47 Å². The van der Waals surface area contributed by atoms with Crippen molar-refractivity contribution in [1.82, 2.24) is 0 Å². The van der Waals surface area contributed by atoms with E-state index in [0.29, 0.717) is 13.2 Å². The van der Waals surface area contributed by atoms with E-state index in [9.17, 15) is 0 Å². The number of nitrogens with zero attached hydrogens (tertiary/aromatic N) is 2. The standard InChI is InChI=1S/C28H38N2O2/c1-29(2,3)17-19-31-27-22-28(32-20-18-30(4,5)6)26(24-15-11-8-12-16-24)21-25(27)23-13-9-7-10-14-23/h7-16,21-22H,17-20H2,1-6H3/q+2. The van der Waals surface area contributed by atoms with Gasteiger partial charge in [-0.05, 0) is 17.2 Å². The van der Waals surface area contributed by atoms with Gasteiger partial charge in [-0.1, -0.05) is 60.7 Å². The minimum absolute atomic E-state index is 0.645. The Kier molecular flexibility index (Phi) is 7.60. The topological polar surface area (TPSA) is 18.5 Å². The minimum atomic E-state index is 0.645. The molecule has 0 saturated carbocycles. The first-order valence-corrected chi connectivity index (χ1v) is 11.3. The Morgan fingerprint density at radius 1 is 0.531 bits per heavy atom. The Morgan fingerprint density at radius 2 is 0.906 bits per heavy atom. The molecule has 0 unspecified atom stereocenters. The molecular weight excluding hydrogens is 396 g/mol. The van der Waals surface area contributed by atoms with Gasteiger partial charge in [-0.25, -0.2) is 0 Å². The number of benzene rings is 3. The summed E-state index contributed by atoms with van der Waals surface area (Å²) in [7, 11) is 13.1. The lowest BCUT2D eigenvalue weighted by atomic mass is 9.97. The molecule has 0 aliphatic heterocycles. The summed E-state index contributed by atoms with van der Waals surface area (Å²) in [5.41, 5.74) is 4.46. The molecule has 0 saturated heterocycles. The van der Waals surface area contributed by atoms with Gasteiger partial charge < -0.3 is 18.4 Å². The molecule has 3 aromatic carbocycles. The van der Waals surface area contributed by atoms with Crippen LogP contribution in [0, 0.1) is 0 Å². The molecular formula is C28H38N2O2+2. The lowest BCUT2D eigenvalue weighted by Crippen LogP contribution is -2.38. The lowest BCUT2D eigenvalue weighted by Gasteiger charge is -2.25. The van der Waals surface area contributed by atoms with Gasteiger partial charge in [-0.3, -0.25) is 0 Å². The van der Waals surface area contributed by atoms with Crippen molar-refractivity contribution in [3.63, 3.8) is 0 Å². The van der Waals surface area contributed by atoms with E-state index in [4.69, 9.17) is 9.47 Å². The second-order valence-electron chi connectivity index (χ2n) is 10.3. The van der Waals surface area contributed by atoms with Crippen molar-refractivity contribution in [3.8, 4) is 33.8 Å². The van der Waals surface area contributed by atoms with Gasteiger partial charge in [0, 0.05) is 17.2 Å². The average Bonchev–Trinajstić information content (AvgIpc) is 2.73. The van der Waals surface area contributed by atoms with Gasteiger partial charge in [-0.15, -0.1) is 0 Å². The Balaban J connectivity index is 2.04. The third kappa shape index (κ3) is 7.11. The zero-order chi connectivity index (χ0) is 23.2. The Morgan fingerprint density at radius 3 is 1.25 bits per heavy atom. The third-order valence-electron chi connectivity index (χ3n) is 5.29. The van der Waals surface area contributed by atoms with E-state index in [1.807, 2.05) is 12.1 Å². The zero-order valence-electron chi connectivity index (χ0n) is 20.5. The molecule has 4 nitrogen and oxygen atoms in total. The largest absolute Gasteiger partial charge is 0.487 e. The zero-order valence-corrected chi connectivity index (χ0v) is 20.5. The van der Waals surface area contributed by atoms with Gasteiger partial charge in [0.2, 0.25) is 0 Å². The fourth-order valence-corrected chi connectivity index (χ4v) is 3.35. The van der Waals surface area contributed by atoms with Crippen molar-refractivity contribution in [1.29, 1.82) is 0 Å². The van der Waals surface area contributed by atoms with Crippen LogP contribution in [-0.2, 0) is 0 Å². The second-order valence-corrected chi connectivity index (χ2v) is 10.3. The Bertz CT molecular complexity index is 909. The highest BCUT2D eigenvalue weighted by molar-refractivity contribution is 5.81. The first kappa shape index (κ1) is 23.8. The van der Waals surface area contributed by atoms with Crippen LogP contribution in [0.15, 0.2) is 72.8 Å². The molecule has 0 fully saturated rings. The maximum atomic E-state index is 6.35. The van der Waals surface area contributed by atoms with E-state index in [1.165, 1.54) is 0 Å². The monoisotopic (exact) mass is 434 g/mol. The molecule has 0 aromatic heterocycles. The van der Waals surface area contributed by atoms with Crippen molar-refractivity contribution in [2.45, 2.75) is 0 Å². The first-order valence-electron chi connectivity index (χ1n) is 11.3. The summed E-state index contributed by atoms with van der Waals surface area (Å²) in [5.74, 6) is 1.73. The van der Waals surface area contributed by atoms with Gasteiger partial charge in [0.15, 0.2) is 0 Å². The number of hydrogen-bond acceptors (Lipinski definition) is 2. The van der Waals surface area contributed by atoms with Gasteiger partial charge in [-0.2, -0.15) is 0 Å². The van der Waals surface area contributed by atoms with Crippen LogP contribution in [0.1, 0.15) is 0 Å². The fourth-order valence-electron chi connectivity index (χ4n) is 3.35. The van der Waals surface area contributed by atoms with Crippen LogP contribution in [0.25, 0.3) is 22.3 Å². The van der Waals surface area contributed by atoms with Crippen LogP contribution in [-0.4, -0.2) is 77.6 Å². The minimum Gasteiger partial charge on any atom is -0.487 e. The van der Waals surface area contributed by atoms with Crippen molar-refractivity contribution >= 4 is 0 Å². The second kappa shape index (κ2) is 10.2. The van der Waals surface area contributed by atoms with Gasteiger partial charge in [0.25, 0.3) is 0 Å². The van der Waals surface area contributed by atoms with Crippen LogP contribution in [0.4, 0.5) is 0 Å². The smallest absolute Gasteiger partial charge is 0.137 e. The molecule has 32 heavy (non-hydrogen) atoms. The molecule has 0 heterocycles. The number of quaternary nitrogens is 2. The molecule has 0 amide bonds. The summed E-state index contributed by atoms with van der Waals surface area (Å²) in [5, 5.41) is 0. The SMILES string of the molecule is C[N+](C)(C)CCOc1cc(OCC[N+](C)(C)C)c(-c2ccccc2)cc1-c1ccccc1. The van der Waals surface area contributed by atoms with E-state index >= 15 is 0 Å². The van der Waals surface area contributed by atoms with Crippen molar-refractivity contribution in [3.05, 3.63) is 72.8 Å². The summed E-state index contributed by atoms with van der Waals surface area (Å²) >= 11 is 0. The van der Waals surface area contributed by atoms with Crippen LogP contribution in [0.3, 0.4) is 0 Å². The van der Waals surface area contributed by atoms with Crippen molar-refractivity contribution < 1.29 is 18.4 Å². The molecule has 3 rings (SSSR count). The predicted molar refractivity (Wildman–Crippen MR) is 134 cm³/mol.